The lowest BCUT2D eigenvalue weighted by atomic mass is 10.1. The van der Waals surface area contributed by atoms with Gasteiger partial charge in [-0.2, -0.15) is 5.06 Å². The van der Waals surface area contributed by atoms with Gasteiger partial charge < -0.3 is 18.4 Å². The molecule has 172 valence electrons. The number of hydrogen-bond acceptors (Lipinski definition) is 6. The molecule has 1 aliphatic heterocycles. The summed E-state index contributed by atoms with van der Waals surface area (Å²) in [6, 6.07) is -0.724. The molecule has 6 nitrogen and oxygen atoms in total. The predicted octanol–water partition coefficient (Wildman–Crippen LogP) is 4.87. The average Bonchev–Trinajstić information content (AvgIpc) is 2.78. The molecule has 0 amide bonds. The van der Waals surface area contributed by atoms with Gasteiger partial charge in [0.1, 0.15) is 6.10 Å². The first-order valence-corrected chi connectivity index (χ1v) is 16.1. The Morgan fingerprint density at radius 3 is 1.93 bits per heavy atom. The molecule has 0 aromatic rings. The molecule has 0 aromatic carbocycles. The molecule has 1 saturated heterocycles. The van der Waals surface area contributed by atoms with E-state index >= 15 is 4.39 Å². The first-order chi connectivity index (χ1) is 12.8. The van der Waals surface area contributed by atoms with Gasteiger partial charge in [0.25, 0.3) is 0 Å². The molecule has 4 atom stereocenters. The fourth-order valence-electron chi connectivity index (χ4n) is 2.59. The Hall–Kier alpha value is -0.326. The molecule has 29 heavy (non-hydrogen) atoms. The van der Waals surface area contributed by atoms with E-state index in [1.54, 1.807) is 12.1 Å². The number of rotatable bonds is 7. The third-order valence-electron chi connectivity index (χ3n) is 6.57. The topological polar surface area (TPSA) is 57.2 Å². The number of esters is 1. The molecule has 1 heterocycles. The van der Waals surface area contributed by atoms with Crippen LogP contribution in [0.15, 0.2) is 0 Å². The van der Waals surface area contributed by atoms with E-state index in [9.17, 15) is 4.79 Å². The van der Waals surface area contributed by atoms with Gasteiger partial charge in [-0.1, -0.05) is 41.5 Å². The van der Waals surface area contributed by atoms with Crippen molar-refractivity contribution in [3.63, 3.8) is 0 Å². The molecule has 1 unspecified atom stereocenters. The van der Waals surface area contributed by atoms with Crippen molar-refractivity contribution in [3.05, 3.63) is 0 Å². The lowest BCUT2D eigenvalue weighted by molar-refractivity contribution is -0.181. The van der Waals surface area contributed by atoms with Gasteiger partial charge in [0.15, 0.2) is 14.5 Å². The molecule has 0 aromatic heterocycles. The van der Waals surface area contributed by atoms with Gasteiger partial charge in [0.2, 0.25) is 14.6 Å². The largest absolute Gasteiger partial charge is 0.433 e. The molecule has 1 aliphatic rings. The van der Waals surface area contributed by atoms with Crippen LogP contribution in [0.3, 0.4) is 0 Å². The summed E-state index contributed by atoms with van der Waals surface area (Å²) in [5.41, 5.74) is 0. The van der Waals surface area contributed by atoms with Gasteiger partial charge >= 0.3 is 5.97 Å². The number of alkyl halides is 1. The monoisotopic (exact) mass is 451 g/mol. The second-order valence-electron chi connectivity index (χ2n) is 11.1. The zero-order valence-corrected chi connectivity index (χ0v) is 22.4. The maximum absolute atomic E-state index is 15.3. The smallest absolute Gasteiger partial charge is 0.305 e. The van der Waals surface area contributed by atoms with E-state index in [2.05, 4.69) is 67.7 Å². The quantitative estimate of drug-likeness (QED) is 0.313. The summed E-state index contributed by atoms with van der Waals surface area (Å²) in [5.74, 6) is -0.574. The molecule has 0 spiro atoms. The highest BCUT2D eigenvalue weighted by Crippen LogP contribution is 2.40. The van der Waals surface area contributed by atoms with Crippen molar-refractivity contribution < 1.29 is 27.6 Å². The van der Waals surface area contributed by atoms with Crippen LogP contribution in [0.1, 0.15) is 48.5 Å². The van der Waals surface area contributed by atoms with Crippen LogP contribution in [0.5, 0.6) is 0 Å². The molecular formula is C20H42FNO5Si2. The number of carbonyl (C=O) groups excluding carboxylic acids is 1. The summed E-state index contributed by atoms with van der Waals surface area (Å²) in [4.78, 5) is 11.4. The van der Waals surface area contributed by atoms with Gasteiger partial charge in [-0.15, -0.1) is 0 Å². The molecule has 1 rings (SSSR count). The maximum Gasteiger partial charge on any atom is 0.305 e. The third-order valence-corrected chi connectivity index (χ3v) is 15.4. The SMILES string of the molecule is CC(=O)OC1O[C@H](CO[Si](C)(C)C(C)(C)C)[C@@H](N(C)O[Si](C)(C)C(C)(C)C)[C@@H]1F. The van der Waals surface area contributed by atoms with Gasteiger partial charge in [-0.05, 0) is 36.3 Å². The fraction of sp³-hybridized carbons (Fsp3) is 0.950. The van der Waals surface area contributed by atoms with E-state index in [0.717, 1.165) is 0 Å². The van der Waals surface area contributed by atoms with E-state index in [0.29, 0.717) is 0 Å². The Kier molecular flexibility index (Phi) is 8.32. The summed E-state index contributed by atoms with van der Waals surface area (Å²) in [6.07, 6.45) is -3.38. The van der Waals surface area contributed by atoms with E-state index < -0.39 is 47.2 Å². The Labute approximate surface area is 178 Å². The molecule has 0 N–H and O–H groups in total. The highest BCUT2D eigenvalue weighted by molar-refractivity contribution is 6.74. The van der Waals surface area contributed by atoms with Crippen molar-refractivity contribution in [2.45, 2.75) is 109 Å². The predicted molar refractivity (Wildman–Crippen MR) is 118 cm³/mol. The first kappa shape index (κ1) is 26.7. The van der Waals surface area contributed by atoms with Crippen LogP contribution in [0.2, 0.25) is 36.3 Å². The minimum atomic E-state index is -2.17. The zero-order chi connectivity index (χ0) is 23.0. The Bertz CT molecular complexity index is 574. The van der Waals surface area contributed by atoms with Crippen molar-refractivity contribution in [1.82, 2.24) is 5.06 Å². The van der Waals surface area contributed by atoms with Crippen molar-refractivity contribution in [1.29, 1.82) is 0 Å². The van der Waals surface area contributed by atoms with Crippen molar-refractivity contribution >= 4 is 22.6 Å². The Morgan fingerprint density at radius 2 is 1.52 bits per heavy atom. The van der Waals surface area contributed by atoms with Gasteiger partial charge in [-0.3, -0.25) is 4.79 Å². The molecule has 0 radical (unpaired) electrons. The first-order valence-electron chi connectivity index (χ1n) is 10.3. The molecule has 0 bridgehead atoms. The normalized spacial score (nSPS) is 26.8. The molecule has 9 heteroatoms. The van der Waals surface area contributed by atoms with Crippen LogP contribution < -0.4 is 0 Å². The van der Waals surface area contributed by atoms with Crippen LogP contribution in [0.4, 0.5) is 4.39 Å². The van der Waals surface area contributed by atoms with E-state index in [1.165, 1.54) is 6.92 Å². The number of hydrogen-bond donors (Lipinski definition) is 0. The maximum atomic E-state index is 15.3. The number of carbonyl (C=O) groups is 1. The number of ether oxygens (including phenoxy) is 2. The number of halogens is 1. The van der Waals surface area contributed by atoms with Crippen molar-refractivity contribution in [2.75, 3.05) is 13.7 Å². The number of hydroxylamine groups is 2. The second kappa shape index (κ2) is 9.04. The Balaban J connectivity index is 3.05. The van der Waals surface area contributed by atoms with Crippen molar-refractivity contribution in [3.8, 4) is 0 Å². The average molecular weight is 452 g/mol. The fourth-order valence-corrected chi connectivity index (χ4v) is 4.72. The standard InChI is InChI=1S/C20H42FNO5Si2/c1-14(23)25-18-16(21)17(22(8)27-29(11,12)20(5,6)7)15(26-18)13-24-28(9,10)19(2,3)4/h15-18H,13H2,1-12H3/t15-,16+,17-,18?/m1/s1. The molecule has 0 saturated carbocycles. The van der Waals surface area contributed by atoms with Crippen molar-refractivity contribution in [2.24, 2.45) is 0 Å². The zero-order valence-electron chi connectivity index (χ0n) is 20.4. The molecular weight excluding hydrogens is 409 g/mol. The summed E-state index contributed by atoms with van der Waals surface area (Å²) >= 11 is 0. The van der Waals surface area contributed by atoms with Crippen LogP contribution in [0, 0.1) is 0 Å². The lowest BCUT2D eigenvalue weighted by Gasteiger charge is -2.42. The summed E-state index contributed by atoms with van der Waals surface area (Å²) < 4.78 is 38.8. The minimum Gasteiger partial charge on any atom is -0.433 e. The number of likely N-dealkylation sites (N-methyl/N-ethyl adjacent to an activating group) is 1. The van der Waals surface area contributed by atoms with Gasteiger partial charge in [-0.25, -0.2) is 4.39 Å². The summed E-state index contributed by atoms with van der Waals surface area (Å²) in [6.45, 7) is 22.8. The van der Waals surface area contributed by atoms with Gasteiger partial charge in [0.05, 0.1) is 12.6 Å². The van der Waals surface area contributed by atoms with Crippen LogP contribution >= 0.6 is 0 Å². The number of nitrogens with zero attached hydrogens (tertiary/aromatic N) is 1. The second-order valence-corrected chi connectivity index (χ2v) is 20.6. The van der Waals surface area contributed by atoms with Gasteiger partial charge in [0, 0.05) is 14.0 Å². The molecule has 0 aliphatic carbocycles. The highest BCUT2D eigenvalue weighted by atomic mass is 28.4. The highest BCUT2D eigenvalue weighted by Gasteiger charge is 2.52. The third kappa shape index (κ3) is 6.57. The summed E-state index contributed by atoms with van der Waals surface area (Å²) in [7, 11) is -2.49. The molecule has 1 fully saturated rings. The Morgan fingerprint density at radius 1 is 1.03 bits per heavy atom. The van der Waals surface area contributed by atoms with Crippen LogP contribution in [-0.2, 0) is 23.2 Å². The van der Waals surface area contributed by atoms with Crippen LogP contribution in [-0.4, -0.2) is 65.9 Å². The van der Waals surface area contributed by atoms with E-state index in [1.807, 2.05) is 0 Å². The van der Waals surface area contributed by atoms with E-state index in [4.69, 9.17) is 18.4 Å². The minimum absolute atomic E-state index is 0.0229. The van der Waals surface area contributed by atoms with E-state index in [-0.39, 0.29) is 16.7 Å². The lowest BCUT2D eigenvalue weighted by Crippen LogP contribution is -2.54. The summed E-state index contributed by atoms with van der Waals surface area (Å²) in [5, 5.41) is 1.56. The van der Waals surface area contributed by atoms with Crippen LogP contribution in [0.25, 0.3) is 0 Å².